The number of carbonyl (C=O) groups is 1. The molecular formula is C22H26N3OS2+. The molecule has 28 heavy (non-hydrogen) atoms. The van der Waals surface area contributed by atoms with Crippen molar-refractivity contribution in [1.29, 1.82) is 0 Å². The molecule has 0 bridgehead atoms. The Kier molecular flexibility index (Phi) is 6.73. The first-order chi connectivity index (χ1) is 13.8. The monoisotopic (exact) mass is 412 g/mol. The van der Waals surface area contributed by atoms with Crippen molar-refractivity contribution in [3.63, 3.8) is 0 Å². The number of hydrogen-bond donors (Lipinski definition) is 1. The third-order valence-corrected chi connectivity index (χ3v) is 7.55. The number of benzene rings is 2. The molecule has 2 aliphatic heterocycles. The molecule has 2 aliphatic rings. The molecule has 0 spiro atoms. The van der Waals surface area contributed by atoms with Gasteiger partial charge in [-0.05, 0) is 0 Å². The van der Waals surface area contributed by atoms with E-state index >= 15 is 0 Å². The van der Waals surface area contributed by atoms with Crippen LogP contribution in [0.2, 0.25) is 0 Å². The van der Waals surface area contributed by atoms with Gasteiger partial charge in [0.2, 0.25) is 5.91 Å². The summed E-state index contributed by atoms with van der Waals surface area (Å²) in [5, 5.41) is 0. The summed E-state index contributed by atoms with van der Waals surface area (Å²) < 4.78 is 1.07. The second-order valence-corrected chi connectivity index (χ2v) is 9.38. The summed E-state index contributed by atoms with van der Waals surface area (Å²) in [6.45, 7) is 4.49. The number of quaternary nitrogens is 1. The number of nitrogens with one attached hydrogen (secondary N) is 1. The van der Waals surface area contributed by atoms with E-state index in [9.17, 15) is 4.79 Å². The quantitative estimate of drug-likeness (QED) is 0.819. The van der Waals surface area contributed by atoms with Gasteiger partial charge in [0, 0.05) is 16.9 Å². The topological polar surface area (TPSA) is 37.1 Å². The Bertz CT molecular complexity index is 766. The fourth-order valence-electron chi connectivity index (χ4n) is 3.90. The van der Waals surface area contributed by atoms with E-state index in [0.717, 1.165) is 42.9 Å². The van der Waals surface area contributed by atoms with Gasteiger partial charge in [0.25, 0.3) is 0 Å². The van der Waals surface area contributed by atoms with Crippen molar-refractivity contribution in [2.45, 2.75) is 6.04 Å². The van der Waals surface area contributed by atoms with Crippen molar-refractivity contribution in [3.05, 3.63) is 71.8 Å². The first-order valence-electron chi connectivity index (χ1n) is 9.83. The fourth-order valence-corrected chi connectivity index (χ4v) is 5.82. The zero-order valence-corrected chi connectivity index (χ0v) is 17.6. The van der Waals surface area contributed by atoms with Crippen molar-refractivity contribution in [3.8, 4) is 0 Å². The molecule has 1 saturated heterocycles. The van der Waals surface area contributed by atoms with E-state index in [2.05, 4.69) is 65.7 Å². The second-order valence-electron chi connectivity index (χ2n) is 7.08. The average molecular weight is 413 g/mol. The molecule has 0 saturated carbocycles. The molecule has 6 heteroatoms. The Morgan fingerprint density at radius 2 is 1.64 bits per heavy atom. The van der Waals surface area contributed by atoms with Crippen LogP contribution in [0, 0.1) is 0 Å². The normalized spacial score (nSPS) is 17.8. The van der Waals surface area contributed by atoms with Crippen LogP contribution in [0.15, 0.2) is 65.7 Å². The fraction of sp³-hybridized carbons (Fsp3) is 0.364. The Morgan fingerprint density at radius 3 is 2.18 bits per heavy atom. The smallest absolute Gasteiger partial charge is 0.233 e. The minimum Gasteiger partial charge on any atom is -0.331 e. The third kappa shape index (κ3) is 4.80. The second kappa shape index (κ2) is 9.63. The first kappa shape index (κ1) is 19.6. The highest BCUT2D eigenvalue weighted by molar-refractivity contribution is 8.39. The number of nitrogens with zero attached hydrogens (tertiary/aromatic N) is 2. The van der Waals surface area contributed by atoms with E-state index in [0.29, 0.717) is 11.8 Å². The molecule has 146 valence electrons. The van der Waals surface area contributed by atoms with Crippen LogP contribution in [0.1, 0.15) is 17.2 Å². The molecule has 0 aliphatic carbocycles. The van der Waals surface area contributed by atoms with E-state index in [-0.39, 0.29) is 5.91 Å². The van der Waals surface area contributed by atoms with Crippen molar-refractivity contribution in [2.75, 3.05) is 44.2 Å². The number of thioether (sulfide) groups is 2. The molecule has 4 rings (SSSR count). The van der Waals surface area contributed by atoms with Crippen LogP contribution < -0.4 is 4.90 Å². The van der Waals surface area contributed by atoms with Gasteiger partial charge in [-0.3, -0.25) is 9.79 Å². The molecular weight excluding hydrogens is 386 g/mol. The Balaban J connectivity index is 1.39. The largest absolute Gasteiger partial charge is 0.331 e. The molecule has 0 unspecified atom stereocenters. The maximum absolute atomic E-state index is 12.6. The van der Waals surface area contributed by atoms with Crippen molar-refractivity contribution in [2.24, 2.45) is 4.99 Å². The number of aliphatic imine (C=N–C) groups is 1. The zero-order valence-electron chi connectivity index (χ0n) is 15.9. The van der Waals surface area contributed by atoms with Crippen LogP contribution in [0.3, 0.4) is 0 Å². The first-order valence-corrected chi connectivity index (χ1v) is 11.8. The van der Waals surface area contributed by atoms with Crippen LogP contribution >= 0.6 is 23.5 Å². The van der Waals surface area contributed by atoms with Crippen molar-refractivity contribution in [1.82, 2.24) is 4.90 Å². The molecule has 1 amide bonds. The van der Waals surface area contributed by atoms with Crippen molar-refractivity contribution < 1.29 is 9.69 Å². The Morgan fingerprint density at radius 1 is 1.04 bits per heavy atom. The van der Waals surface area contributed by atoms with Gasteiger partial charge in [0.1, 0.15) is 10.4 Å². The number of rotatable bonds is 5. The average Bonchev–Trinajstić information content (AvgIpc) is 3.28. The van der Waals surface area contributed by atoms with E-state index in [1.165, 1.54) is 16.0 Å². The van der Waals surface area contributed by atoms with Gasteiger partial charge in [-0.25, -0.2) is 0 Å². The minimum absolute atomic E-state index is 0.246. The van der Waals surface area contributed by atoms with Gasteiger partial charge in [-0.1, -0.05) is 84.2 Å². The van der Waals surface area contributed by atoms with Gasteiger partial charge >= 0.3 is 0 Å². The summed E-state index contributed by atoms with van der Waals surface area (Å²) in [5.41, 5.74) is 2.69. The molecule has 1 N–H and O–H groups in total. The zero-order chi connectivity index (χ0) is 19.2. The lowest BCUT2D eigenvalue weighted by Crippen LogP contribution is -3.15. The van der Waals surface area contributed by atoms with E-state index in [4.69, 9.17) is 0 Å². The van der Waals surface area contributed by atoms with E-state index < -0.39 is 0 Å². The number of carbonyl (C=O) groups excluding carboxylic acids is 1. The maximum atomic E-state index is 12.6. The molecule has 0 radical (unpaired) electrons. The van der Waals surface area contributed by atoms with Gasteiger partial charge in [-0.15, -0.1) is 0 Å². The summed E-state index contributed by atoms with van der Waals surface area (Å²) >= 11 is 3.37. The summed E-state index contributed by atoms with van der Waals surface area (Å²) in [7, 11) is 0. The lowest BCUT2D eigenvalue weighted by Gasteiger charge is -2.37. The minimum atomic E-state index is 0.246. The predicted molar refractivity (Wildman–Crippen MR) is 119 cm³/mol. The molecule has 2 aromatic rings. The number of hydrogen-bond acceptors (Lipinski definition) is 4. The molecule has 4 nitrogen and oxygen atoms in total. The van der Waals surface area contributed by atoms with Gasteiger partial charge in [0.15, 0.2) is 0 Å². The molecule has 2 heterocycles. The molecule has 1 fully saturated rings. The Labute approximate surface area is 175 Å². The Hall–Kier alpha value is -1.76. The maximum Gasteiger partial charge on any atom is 0.233 e. The molecule has 0 atom stereocenters. The summed E-state index contributed by atoms with van der Waals surface area (Å²) in [5.74, 6) is 1.82. The summed E-state index contributed by atoms with van der Waals surface area (Å²) in [6, 6.07) is 21.8. The van der Waals surface area contributed by atoms with Crippen LogP contribution in [0.5, 0.6) is 0 Å². The van der Waals surface area contributed by atoms with Crippen molar-refractivity contribution >= 4 is 33.8 Å². The summed E-state index contributed by atoms with van der Waals surface area (Å²) in [4.78, 5) is 20.6. The van der Waals surface area contributed by atoms with E-state index in [1.807, 2.05) is 4.90 Å². The van der Waals surface area contributed by atoms with Crippen LogP contribution in [-0.4, -0.2) is 59.4 Å². The number of piperazine rings is 1. The SMILES string of the molecule is O=C(CSC1=NCCS1)N1CC[NH+](C(c2ccccc2)c2ccccc2)CC1. The molecule has 2 aromatic carbocycles. The van der Waals surface area contributed by atoms with Gasteiger partial charge < -0.3 is 9.80 Å². The highest BCUT2D eigenvalue weighted by Gasteiger charge is 2.31. The standard InChI is InChI=1S/C22H25N3OS2/c26-20(17-28-22-23-11-16-27-22)24-12-14-25(15-13-24)21(18-7-3-1-4-8-18)19-9-5-2-6-10-19/h1-10,21H,11-17H2/p+1. The lowest BCUT2D eigenvalue weighted by molar-refractivity contribution is -0.929. The summed E-state index contributed by atoms with van der Waals surface area (Å²) in [6.07, 6.45) is 0. The van der Waals surface area contributed by atoms with Gasteiger partial charge in [-0.2, -0.15) is 0 Å². The predicted octanol–water partition coefficient (Wildman–Crippen LogP) is 2.34. The van der Waals surface area contributed by atoms with E-state index in [1.54, 1.807) is 23.5 Å². The van der Waals surface area contributed by atoms with Crippen LogP contribution in [0.25, 0.3) is 0 Å². The highest BCUT2D eigenvalue weighted by Crippen LogP contribution is 2.22. The third-order valence-electron chi connectivity index (χ3n) is 5.31. The molecule has 0 aromatic heterocycles. The lowest BCUT2D eigenvalue weighted by atomic mass is 9.96. The highest BCUT2D eigenvalue weighted by atomic mass is 32.2. The van der Waals surface area contributed by atoms with Crippen LogP contribution in [-0.2, 0) is 4.79 Å². The van der Waals surface area contributed by atoms with Crippen LogP contribution in [0.4, 0.5) is 0 Å². The number of amides is 1. The van der Waals surface area contributed by atoms with Gasteiger partial charge in [0.05, 0.1) is 38.5 Å².